The number of allylic oxidation sites excluding steroid dienone is 4. The van der Waals surface area contributed by atoms with Crippen LogP contribution in [-0.2, 0) is 0 Å². The van der Waals surface area contributed by atoms with Gasteiger partial charge in [0.15, 0.2) is 0 Å². The molecule has 0 saturated carbocycles. The summed E-state index contributed by atoms with van der Waals surface area (Å²) in [6, 6.07) is 6.60. The zero-order chi connectivity index (χ0) is 15.5. The van der Waals surface area contributed by atoms with E-state index in [9.17, 15) is 0 Å². The van der Waals surface area contributed by atoms with Gasteiger partial charge in [0.1, 0.15) is 13.8 Å². The van der Waals surface area contributed by atoms with Gasteiger partial charge >= 0.3 is 0 Å². The largest absolute Gasteiger partial charge is 0.497 e. The van der Waals surface area contributed by atoms with Crippen LogP contribution in [0.15, 0.2) is 41.1 Å². The standard InChI is InChI=1S/C19H28OSi/c1-6-7-11-16-12-9-13-17(16)21(4,5)18-14-8-10-15(2)19(18)20-3/h8-10,12,14H,6-7,11,13H2,1-5H3. The number of unbranched alkanes of at least 4 members (excludes halogenated alkanes) is 1. The van der Waals surface area contributed by atoms with Crippen LogP contribution in [0.4, 0.5) is 0 Å². The van der Waals surface area contributed by atoms with Gasteiger partial charge in [-0.25, -0.2) is 0 Å². The van der Waals surface area contributed by atoms with Crippen LogP contribution in [-0.4, -0.2) is 15.2 Å². The van der Waals surface area contributed by atoms with Crippen molar-refractivity contribution in [1.29, 1.82) is 0 Å². The molecule has 1 aliphatic rings. The van der Waals surface area contributed by atoms with E-state index in [1.54, 1.807) is 17.9 Å². The number of hydrogen-bond donors (Lipinski definition) is 0. The van der Waals surface area contributed by atoms with E-state index in [1.807, 2.05) is 0 Å². The molecule has 0 spiro atoms. The molecule has 0 radical (unpaired) electrons. The number of benzene rings is 1. The molecular formula is C19H28OSi. The highest BCUT2D eigenvalue weighted by molar-refractivity contribution is 6.96. The van der Waals surface area contributed by atoms with Crippen molar-refractivity contribution in [3.8, 4) is 5.75 Å². The lowest BCUT2D eigenvalue weighted by Crippen LogP contribution is -2.45. The van der Waals surface area contributed by atoms with Crippen LogP contribution < -0.4 is 9.92 Å². The first-order valence-corrected chi connectivity index (χ1v) is 11.1. The minimum Gasteiger partial charge on any atom is -0.497 e. The van der Waals surface area contributed by atoms with Crippen molar-refractivity contribution in [3.05, 3.63) is 46.7 Å². The predicted octanol–water partition coefficient (Wildman–Crippen LogP) is 4.90. The highest BCUT2D eigenvalue weighted by atomic mass is 28.3. The summed E-state index contributed by atoms with van der Waals surface area (Å²) in [7, 11) is 0.137. The summed E-state index contributed by atoms with van der Waals surface area (Å²) < 4.78 is 5.73. The molecule has 0 amide bonds. The van der Waals surface area contributed by atoms with Gasteiger partial charge in [-0.1, -0.05) is 67.6 Å². The number of ether oxygens (including phenoxy) is 1. The molecule has 0 N–H and O–H groups in total. The first kappa shape index (κ1) is 16.1. The summed E-state index contributed by atoms with van der Waals surface area (Å²) in [4.78, 5) is 0. The topological polar surface area (TPSA) is 9.23 Å². The van der Waals surface area contributed by atoms with E-state index in [2.05, 4.69) is 57.3 Å². The van der Waals surface area contributed by atoms with Crippen LogP contribution in [0.1, 0.15) is 38.2 Å². The number of hydrogen-bond acceptors (Lipinski definition) is 1. The predicted molar refractivity (Wildman–Crippen MR) is 95.2 cm³/mol. The number of rotatable bonds is 6. The molecule has 0 saturated heterocycles. The van der Waals surface area contributed by atoms with E-state index in [4.69, 9.17) is 4.74 Å². The molecule has 0 atom stereocenters. The summed E-state index contributed by atoms with van der Waals surface area (Å²) in [6.07, 6.45) is 9.63. The summed E-state index contributed by atoms with van der Waals surface area (Å²) in [5.74, 6) is 1.10. The molecule has 1 aromatic rings. The Labute approximate surface area is 130 Å². The van der Waals surface area contributed by atoms with Gasteiger partial charge < -0.3 is 4.74 Å². The van der Waals surface area contributed by atoms with Crippen LogP contribution in [0.2, 0.25) is 13.1 Å². The molecule has 1 aromatic carbocycles. The van der Waals surface area contributed by atoms with E-state index in [-0.39, 0.29) is 0 Å². The van der Waals surface area contributed by atoms with Gasteiger partial charge in [-0.15, -0.1) is 0 Å². The minimum absolute atomic E-state index is 1.10. The Kier molecular flexibility index (Phi) is 5.10. The van der Waals surface area contributed by atoms with Gasteiger partial charge in [-0.3, -0.25) is 0 Å². The molecule has 2 rings (SSSR count). The second kappa shape index (κ2) is 6.65. The van der Waals surface area contributed by atoms with Crippen molar-refractivity contribution in [3.63, 3.8) is 0 Å². The van der Waals surface area contributed by atoms with Gasteiger partial charge in [0.25, 0.3) is 0 Å². The molecule has 0 heterocycles. The average molecular weight is 301 g/mol. The molecular weight excluding hydrogens is 272 g/mol. The number of para-hydroxylation sites is 1. The molecule has 21 heavy (non-hydrogen) atoms. The fourth-order valence-corrected chi connectivity index (χ4v) is 6.73. The van der Waals surface area contributed by atoms with E-state index in [0.29, 0.717) is 0 Å². The van der Waals surface area contributed by atoms with Crippen molar-refractivity contribution in [1.82, 2.24) is 0 Å². The van der Waals surface area contributed by atoms with E-state index in [0.717, 1.165) is 12.2 Å². The van der Waals surface area contributed by atoms with Gasteiger partial charge in [-0.2, -0.15) is 0 Å². The zero-order valence-corrected chi connectivity index (χ0v) is 15.1. The Morgan fingerprint density at radius 1 is 1.24 bits per heavy atom. The normalized spacial score (nSPS) is 14.9. The van der Waals surface area contributed by atoms with E-state index >= 15 is 0 Å². The van der Waals surface area contributed by atoms with Crippen molar-refractivity contribution >= 4 is 13.3 Å². The molecule has 2 heteroatoms. The first-order chi connectivity index (χ1) is 10.0. The molecule has 0 aromatic heterocycles. The Hall–Kier alpha value is -1.28. The smallest absolute Gasteiger partial charge is 0.121 e. The first-order valence-electron chi connectivity index (χ1n) is 8.05. The van der Waals surface area contributed by atoms with Crippen LogP contribution >= 0.6 is 0 Å². The Morgan fingerprint density at radius 3 is 2.67 bits per heavy atom. The molecule has 114 valence electrons. The third-order valence-electron chi connectivity index (χ3n) is 4.67. The highest BCUT2D eigenvalue weighted by Gasteiger charge is 2.33. The van der Waals surface area contributed by atoms with Gasteiger partial charge in [-0.05, 0) is 36.9 Å². The third kappa shape index (κ3) is 3.15. The number of aryl methyl sites for hydroxylation is 1. The fraction of sp³-hybridized carbons (Fsp3) is 0.474. The van der Waals surface area contributed by atoms with Crippen molar-refractivity contribution in [2.24, 2.45) is 0 Å². The zero-order valence-electron chi connectivity index (χ0n) is 14.1. The van der Waals surface area contributed by atoms with Crippen molar-refractivity contribution in [2.45, 2.75) is 52.6 Å². The second-order valence-corrected chi connectivity index (χ2v) is 10.9. The van der Waals surface area contributed by atoms with Crippen LogP contribution in [0, 0.1) is 6.92 Å². The maximum Gasteiger partial charge on any atom is 0.121 e. The van der Waals surface area contributed by atoms with Gasteiger partial charge in [0, 0.05) is 0 Å². The lowest BCUT2D eigenvalue weighted by Gasteiger charge is -2.29. The molecule has 1 aliphatic carbocycles. The fourth-order valence-electron chi connectivity index (χ4n) is 3.39. The second-order valence-electron chi connectivity index (χ2n) is 6.49. The summed E-state index contributed by atoms with van der Waals surface area (Å²) in [5, 5.41) is 3.14. The van der Waals surface area contributed by atoms with E-state index in [1.165, 1.54) is 30.0 Å². The Balaban J connectivity index is 2.44. The number of methoxy groups -OCH3 is 1. The maximum atomic E-state index is 5.73. The Bertz CT molecular complexity index is 567. The Morgan fingerprint density at radius 2 is 2.00 bits per heavy atom. The van der Waals surface area contributed by atoms with Crippen molar-refractivity contribution < 1.29 is 4.74 Å². The highest BCUT2D eigenvalue weighted by Crippen LogP contribution is 2.33. The molecule has 0 bridgehead atoms. The van der Waals surface area contributed by atoms with Crippen molar-refractivity contribution in [2.75, 3.05) is 7.11 Å². The summed E-state index contributed by atoms with van der Waals surface area (Å²) >= 11 is 0. The molecule has 0 unspecified atom stereocenters. The third-order valence-corrected chi connectivity index (χ3v) is 8.45. The SMILES string of the molecule is CCCCC1=C([Si](C)(C)c2cccc(C)c2OC)CC=C1. The van der Waals surface area contributed by atoms with Gasteiger partial charge in [0.2, 0.25) is 0 Å². The van der Waals surface area contributed by atoms with E-state index < -0.39 is 8.07 Å². The lowest BCUT2D eigenvalue weighted by molar-refractivity contribution is 0.415. The maximum absolute atomic E-state index is 5.73. The minimum atomic E-state index is -1.66. The lowest BCUT2D eigenvalue weighted by atomic mass is 10.1. The van der Waals surface area contributed by atoms with Gasteiger partial charge in [0.05, 0.1) is 7.11 Å². The molecule has 0 fully saturated rings. The van der Waals surface area contributed by atoms with Crippen LogP contribution in [0.5, 0.6) is 5.75 Å². The average Bonchev–Trinajstić information content (AvgIpc) is 2.94. The monoisotopic (exact) mass is 300 g/mol. The summed E-state index contributed by atoms with van der Waals surface area (Å²) in [6.45, 7) is 9.36. The molecule has 0 aliphatic heterocycles. The quantitative estimate of drug-likeness (QED) is 0.679. The van der Waals surface area contributed by atoms with Crippen LogP contribution in [0.3, 0.4) is 0 Å². The molecule has 1 nitrogen and oxygen atoms in total. The van der Waals surface area contributed by atoms with Crippen LogP contribution in [0.25, 0.3) is 0 Å². The summed E-state index contributed by atoms with van der Waals surface area (Å²) in [5.41, 5.74) is 2.84.